The Morgan fingerprint density at radius 1 is 0.333 bits per heavy atom. The molecule has 0 nitrogen and oxygen atoms in total. The van der Waals surface area contributed by atoms with E-state index in [4.69, 9.17) is 0 Å². The van der Waals surface area contributed by atoms with Crippen molar-refractivity contribution in [2.24, 2.45) is 0 Å². The molecule has 0 spiro atoms. The van der Waals surface area contributed by atoms with Gasteiger partial charge in [-0.3, -0.25) is 0 Å². The van der Waals surface area contributed by atoms with Crippen molar-refractivity contribution in [2.45, 2.75) is 0 Å². The predicted molar refractivity (Wildman–Crippen MR) is 57.7 cm³/mol. The van der Waals surface area contributed by atoms with E-state index in [1.54, 1.807) is 0 Å². The third-order valence-corrected chi connectivity index (χ3v) is 0. The topological polar surface area (TPSA) is 0 Å². The Bertz CT molecular complexity index is 3.90. The molecule has 6 heteroatoms. The first-order valence-corrected chi connectivity index (χ1v) is 0. The Morgan fingerprint density at radius 2 is 0.333 bits per heavy atom. The maximum atomic E-state index is 0. The molecule has 0 amide bonds. The third-order valence-electron chi connectivity index (χ3n) is 0. The molecule has 0 aromatic carbocycles. The molecule has 0 aliphatic carbocycles. The summed E-state index contributed by atoms with van der Waals surface area (Å²) in [7, 11) is 0. The second-order valence-electron chi connectivity index (χ2n) is 0. The van der Waals surface area contributed by atoms with Crippen molar-refractivity contribution in [3.05, 3.63) is 0 Å². The molecule has 0 fully saturated rings. The average Bonchev–Trinajstić information content (AvgIpc) is 0. The van der Waals surface area contributed by atoms with E-state index in [0.29, 0.717) is 0 Å². The van der Waals surface area contributed by atoms with Crippen LogP contribution in [-0.4, -0.2) is 24.4 Å². The van der Waals surface area contributed by atoms with Crippen LogP contribution in [0, 0.1) is 0 Å². The third kappa shape index (κ3) is 30.9. The van der Waals surface area contributed by atoms with Gasteiger partial charge >= 0.3 is 0 Å². The van der Waals surface area contributed by atoms with Crippen LogP contribution in [0.1, 0.15) is 0 Å². The van der Waals surface area contributed by atoms with Crippen LogP contribution in [0.2, 0.25) is 0 Å². The van der Waals surface area contributed by atoms with Crippen molar-refractivity contribution >= 4 is 91.9 Å². The zero-order valence-corrected chi connectivity index (χ0v) is 10.5. The standard InChI is InChI=1S/5H2S.Sb/h5*1H2;. The fourth-order valence-corrected chi connectivity index (χ4v) is 0. The Morgan fingerprint density at radius 3 is 0.333 bits per heavy atom. The summed E-state index contributed by atoms with van der Waals surface area (Å²) in [6.07, 6.45) is 0. The normalized spacial score (nSPS) is 0. The van der Waals surface area contributed by atoms with Crippen LogP contribution in [-0.2, 0) is 0 Å². The van der Waals surface area contributed by atoms with E-state index in [9.17, 15) is 0 Å². The number of rotatable bonds is 0. The Hall–Kier alpha value is 2.57. The zero-order valence-electron chi connectivity index (χ0n) is 2.95. The van der Waals surface area contributed by atoms with Crippen LogP contribution in [0.3, 0.4) is 0 Å². The number of hydrogen-bond acceptors (Lipinski definition) is 0. The van der Waals surface area contributed by atoms with Gasteiger partial charge in [0.1, 0.15) is 0 Å². The second-order valence-corrected chi connectivity index (χ2v) is 0. The molecule has 0 unspecified atom stereocenters. The zero-order chi connectivity index (χ0) is 0. The minimum Gasteiger partial charge on any atom is -0.197 e. The molecule has 0 aliphatic heterocycles. The Kier molecular flexibility index (Phi) is 614. The van der Waals surface area contributed by atoms with Gasteiger partial charge in [-0.2, -0.15) is 67.5 Å². The van der Waals surface area contributed by atoms with Gasteiger partial charge in [0.25, 0.3) is 0 Å². The van der Waals surface area contributed by atoms with Gasteiger partial charge < -0.3 is 0 Å². The Balaban J connectivity index is 0. The molecule has 0 N–H and O–H groups in total. The van der Waals surface area contributed by atoms with Crippen LogP contribution < -0.4 is 0 Å². The molecular formula is H10S5Sb. The van der Waals surface area contributed by atoms with Gasteiger partial charge in [-0.1, -0.05) is 0 Å². The van der Waals surface area contributed by atoms with E-state index >= 15 is 0 Å². The average molecular weight is 292 g/mol. The summed E-state index contributed by atoms with van der Waals surface area (Å²) in [6.45, 7) is 0. The fraction of sp³-hybridized carbons (Fsp3) is 0. The van der Waals surface area contributed by atoms with Crippen molar-refractivity contribution < 1.29 is 0 Å². The predicted octanol–water partition coefficient (Wildman–Crippen LogP) is 0.183. The molecule has 0 aromatic rings. The molecule has 0 saturated carbocycles. The summed E-state index contributed by atoms with van der Waals surface area (Å²) in [5.74, 6) is 0. The molecule has 0 atom stereocenters. The van der Waals surface area contributed by atoms with Gasteiger partial charge in [0.05, 0.1) is 0 Å². The summed E-state index contributed by atoms with van der Waals surface area (Å²) in [5.41, 5.74) is 0. The van der Waals surface area contributed by atoms with Gasteiger partial charge in [-0.15, -0.1) is 0 Å². The summed E-state index contributed by atoms with van der Waals surface area (Å²) in [6, 6.07) is 0. The summed E-state index contributed by atoms with van der Waals surface area (Å²) in [5, 5.41) is 0. The quantitative estimate of drug-likeness (QED) is 0.559. The van der Waals surface area contributed by atoms with Gasteiger partial charge in [0, 0.05) is 24.4 Å². The molecule has 6 heavy (non-hydrogen) atoms. The van der Waals surface area contributed by atoms with Crippen LogP contribution in [0.5, 0.6) is 0 Å². The van der Waals surface area contributed by atoms with E-state index in [-0.39, 0.29) is 91.9 Å². The van der Waals surface area contributed by atoms with Crippen LogP contribution in [0.15, 0.2) is 0 Å². The first-order valence-electron chi connectivity index (χ1n) is 0. The molecule has 0 rings (SSSR count). The molecule has 0 heterocycles. The summed E-state index contributed by atoms with van der Waals surface area (Å²) in [4.78, 5) is 0. The van der Waals surface area contributed by atoms with Crippen molar-refractivity contribution in [2.75, 3.05) is 0 Å². The largest absolute Gasteiger partial charge is 0.197 e. The fourth-order valence-electron chi connectivity index (χ4n) is 0. The Labute approximate surface area is 90.9 Å². The molecule has 3 radical (unpaired) electrons. The van der Waals surface area contributed by atoms with Crippen molar-refractivity contribution in [3.8, 4) is 0 Å². The summed E-state index contributed by atoms with van der Waals surface area (Å²) < 4.78 is 0. The second kappa shape index (κ2) is 49.5. The monoisotopic (exact) mass is 291 g/mol. The molecule has 0 bridgehead atoms. The van der Waals surface area contributed by atoms with Gasteiger partial charge in [0.15, 0.2) is 0 Å². The summed E-state index contributed by atoms with van der Waals surface area (Å²) >= 11 is 0. The van der Waals surface area contributed by atoms with Crippen LogP contribution >= 0.6 is 67.5 Å². The van der Waals surface area contributed by atoms with E-state index in [1.165, 1.54) is 0 Å². The van der Waals surface area contributed by atoms with Crippen molar-refractivity contribution in [1.29, 1.82) is 0 Å². The van der Waals surface area contributed by atoms with Crippen molar-refractivity contribution in [3.63, 3.8) is 0 Å². The molecule has 0 aliphatic rings. The van der Waals surface area contributed by atoms with E-state index < -0.39 is 0 Å². The first-order chi connectivity index (χ1) is 0. The van der Waals surface area contributed by atoms with Gasteiger partial charge in [0.2, 0.25) is 0 Å². The minimum atomic E-state index is 0. The smallest absolute Gasteiger partial charge is 0 e. The van der Waals surface area contributed by atoms with Crippen molar-refractivity contribution in [1.82, 2.24) is 0 Å². The molecular weight excluding hydrogens is 282 g/mol. The molecule has 0 aromatic heterocycles. The van der Waals surface area contributed by atoms with Gasteiger partial charge in [-0.25, -0.2) is 0 Å². The van der Waals surface area contributed by atoms with E-state index in [2.05, 4.69) is 0 Å². The minimum absolute atomic E-state index is 0. The maximum Gasteiger partial charge on any atom is 0 e. The molecule has 0 saturated heterocycles. The van der Waals surface area contributed by atoms with Crippen LogP contribution in [0.4, 0.5) is 0 Å². The molecule has 45 valence electrons. The first kappa shape index (κ1) is 74.4. The number of hydrogen-bond donors (Lipinski definition) is 0. The van der Waals surface area contributed by atoms with E-state index in [1.807, 2.05) is 0 Å². The van der Waals surface area contributed by atoms with Gasteiger partial charge in [-0.05, 0) is 0 Å². The SMILES string of the molecule is S.S.S.S.S.[Sb]. The maximum absolute atomic E-state index is 0. The van der Waals surface area contributed by atoms with E-state index in [0.717, 1.165) is 0 Å². The van der Waals surface area contributed by atoms with Crippen LogP contribution in [0.25, 0.3) is 0 Å².